The summed E-state index contributed by atoms with van der Waals surface area (Å²) in [6.45, 7) is 11.9. The minimum atomic E-state index is -0.0830. The number of fused-ring (bicyclic) bond motifs is 1. The Morgan fingerprint density at radius 1 is 1.05 bits per heavy atom. The molecule has 0 radical (unpaired) electrons. The number of hydrogen-bond donors (Lipinski definition) is 1. The monoisotopic (exact) mass is 294 g/mol. The SMILES string of the molecule is CC1CC(C)C(CN2CC3CCCCN3CC2C)C(O)C1. The zero-order valence-electron chi connectivity index (χ0n) is 14.2. The van der Waals surface area contributed by atoms with Crippen LogP contribution in [0.1, 0.15) is 52.9 Å². The van der Waals surface area contributed by atoms with Crippen LogP contribution in [0.4, 0.5) is 0 Å². The van der Waals surface area contributed by atoms with Gasteiger partial charge in [0.2, 0.25) is 0 Å². The van der Waals surface area contributed by atoms with Gasteiger partial charge in [-0.3, -0.25) is 9.80 Å². The van der Waals surface area contributed by atoms with Gasteiger partial charge in [0, 0.05) is 37.6 Å². The second-order valence-electron chi connectivity index (χ2n) is 8.23. The summed E-state index contributed by atoms with van der Waals surface area (Å²) in [6, 6.07) is 1.43. The Balaban J connectivity index is 1.61. The molecule has 122 valence electrons. The van der Waals surface area contributed by atoms with Crippen LogP contribution in [0.25, 0.3) is 0 Å². The van der Waals surface area contributed by atoms with Gasteiger partial charge in [-0.25, -0.2) is 0 Å². The van der Waals surface area contributed by atoms with Crippen molar-refractivity contribution in [3.8, 4) is 0 Å². The van der Waals surface area contributed by atoms with Gasteiger partial charge in [0.05, 0.1) is 6.10 Å². The normalized spacial score (nSPS) is 46.3. The third-order valence-corrected chi connectivity index (χ3v) is 6.40. The lowest BCUT2D eigenvalue weighted by molar-refractivity contribution is -0.0388. The highest BCUT2D eigenvalue weighted by molar-refractivity contribution is 4.92. The molecule has 1 N–H and O–H groups in total. The number of aliphatic hydroxyl groups excluding tert-OH is 1. The molecule has 0 amide bonds. The van der Waals surface area contributed by atoms with Crippen LogP contribution in [0.2, 0.25) is 0 Å². The molecule has 0 aromatic rings. The van der Waals surface area contributed by atoms with E-state index >= 15 is 0 Å². The molecule has 3 rings (SSSR count). The summed E-state index contributed by atoms with van der Waals surface area (Å²) < 4.78 is 0. The van der Waals surface area contributed by atoms with E-state index in [-0.39, 0.29) is 6.10 Å². The van der Waals surface area contributed by atoms with E-state index in [1.165, 1.54) is 45.3 Å². The number of rotatable bonds is 2. The zero-order chi connectivity index (χ0) is 15.0. The van der Waals surface area contributed by atoms with Gasteiger partial charge in [0.1, 0.15) is 0 Å². The maximum absolute atomic E-state index is 10.5. The number of hydrogen-bond acceptors (Lipinski definition) is 3. The first-order valence-electron chi connectivity index (χ1n) is 9.20. The summed E-state index contributed by atoms with van der Waals surface area (Å²) >= 11 is 0. The Hall–Kier alpha value is -0.120. The van der Waals surface area contributed by atoms with Crippen LogP contribution in [-0.4, -0.2) is 59.3 Å². The average molecular weight is 294 g/mol. The fraction of sp³-hybridized carbons (Fsp3) is 1.00. The molecule has 1 aliphatic carbocycles. The van der Waals surface area contributed by atoms with Crippen molar-refractivity contribution < 1.29 is 5.11 Å². The molecule has 3 fully saturated rings. The molecule has 6 unspecified atom stereocenters. The number of piperidine rings is 1. The van der Waals surface area contributed by atoms with Gasteiger partial charge < -0.3 is 5.11 Å². The summed E-state index contributed by atoms with van der Waals surface area (Å²) in [7, 11) is 0. The first kappa shape index (κ1) is 15.8. The highest BCUT2D eigenvalue weighted by Gasteiger charge is 2.38. The van der Waals surface area contributed by atoms with Gasteiger partial charge in [-0.05, 0) is 51.0 Å². The molecule has 2 heterocycles. The summed E-state index contributed by atoms with van der Waals surface area (Å²) in [5, 5.41) is 10.5. The standard InChI is InChI=1S/C18H34N2O/c1-13-8-14(2)17(18(21)9-13)12-20-11-16-6-4-5-7-19(16)10-15(20)3/h13-18,21H,4-12H2,1-3H3. The molecule has 0 aromatic heterocycles. The minimum absolute atomic E-state index is 0.0830. The van der Waals surface area contributed by atoms with E-state index in [1.807, 2.05) is 0 Å². The van der Waals surface area contributed by atoms with Gasteiger partial charge in [-0.1, -0.05) is 20.3 Å². The molecule has 0 spiro atoms. The molecule has 0 bridgehead atoms. The number of nitrogens with zero attached hydrogens (tertiary/aromatic N) is 2. The van der Waals surface area contributed by atoms with Crippen LogP contribution in [-0.2, 0) is 0 Å². The van der Waals surface area contributed by atoms with Gasteiger partial charge in [0.15, 0.2) is 0 Å². The van der Waals surface area contributed by atoms with Crippen LogP contribution in [0.15, 0.2) is 0 Å². The van der Waals surface area contributed by atoms with Crippen molar-refractivity contribution in [2.75, 3.05) is 26.2 Å². The molecular weight excluding hydrogens is 260 g/mol. The summed E-state index contributed by atoms with van der Waals surface area (Å²) in [6.07, 6.45) is 6.39. The molecule has 3 nitrogen and oxygen atoms in total. The third-order valence-electron chi connectivity index (χ3n) is 6.40. The Bertz CT molecular complexity index is 336. The first-order chi connectivity index (χ1) is 10.0. The topological polar surface area (TPSA) is 26.7 Å². The van der Waals surface area contributed by atoms with Crippen LogP contribution in [0.3, 0.4) is 0 Å². The maximum atomic E-state index is 10.5. The van der Waals surface area contributed by atoms with Gasteiger partial charge in [-0.2, -0.15) is 0 Å². The Morgan fingerprint density at radius 3 is 2.62 bits per heavy atom. The largest absolute Gasteiger partial charge is 0.393 e. The molecule has 0 aromatic carbocycles. The van der Waals surface area contributed by atoms with Crippen LogP contribution < -0.4 is 0 Å². The van der Waals surface area contributed by atoms with Gasteiger partial charge in [-0.15, -0.1) is 0 Å². The molecule has 3 aliphatic rings. The maximum Gasteiger partial charge on any atom is 0.0585 e. The predicted octanol–water partition coefficient (Wildman–Crippen LogP) is 2.59. The van der Waals surface area contributed by atoms with Gasteiger partial charge in [0.25, 0.3) is 0 Å². The van der Waals surface area contributed by atoms with Crippen molar-refractivity contribution in [1.29, 1.82) is 0 Å². The van der Waals surface area contributed by atoms with E-state index in [1.54, 1.807) is 0 Å². The fourth-order valence-corrected chi connectivity index (χ4v) is 5.11. The summed E-state index contributed by atoms with van der Waals surface area (Å²) in [5.74, 6) is 1.85. The Labute approximate surface area is 130 Å². The van der Waals surface area contributed by atoms with Crippen molar-refractivity contribution in [2.24, 2.45) is 17.8 Å². The van der Waals surface area contributed by atoms with E-state index in [0.29, 0.717) is 23.8 Å². The van der Waals surface area contributed by atoms with Crippen LogP contribution in [0, 0.1) is 17.8 Å². The van der Waals surface area contributed by atoms with Crippen molar-refractivity contribution in [3.63, 3.8) is 0 Å². The molecule has 21 heavy (non-hydrogen) atoms. The lowest BCUT2D eigenvalue weighted by Gasteiger charge is -2.49. The second-order valence-corrected chi connectivity index (χ2v) is 8.23. The van der Waals surface area contributed by atoms with E-state index < -0.39 is 0 Å². The van der Waals surface area contributed by atoms with Crippen molar-refractivity contribution in [2.45, 2.75) is 71.1 Å². The number of piperazine rings is 1. The van der Waals surface area contributed by atoms with Crippen molar-refractivity contribution >= 4 is 0 Å². The zero-order valence-corrected chi connectivity index (χ0v) is 14.2. The lowest BCUT2D eigenvalue weighted by Crippen LogP contribution is -2.60. The molecule has 2 saturated heterocycles. The smallest absolute Gasteiger partial charge is 0.0585 e. The van der Waals surface area contributed by atoms with Crippen LogP contribution >= 0.6 is 0 Å². The average Bonchev–Trinajstić information content (AvgIpc) is 2.43. The molecule has 2 aliphatic heterocycles. The van der Waals surface area contributed by atoms with E-state index in [2.05, 4.69) is 30.6 Å². The predicted molar refractivity (Wildman–Crippen MR) is 87.3 cm³/mol. The molecule has 6 atom stereocenters. The second kappa shape index (κ2) is 6.55. The quantitative estimate of drug-likeness (QED) is 0.848. The summed E-state index contributed by atoms with van der Waals surface area (Å²) in [4.78, 5) is 5.40. The highest BCUT2D eigenvalue weighted by Crippen LogP contribution is 2.35. The van der Waals surface area contributed by atoms with E-state index in [4.69, 9.17) is 0 Å². The lowest BCUT2D eigenvalue weighted by atomic mass is 9.73. The highest BCUT2D eigenvalue weighted by atomic mass is 16.3. The minimum Gasteiger partial charge on any atom is -0.393 e. The third kappa shape index (κ3) is 3.46. The molecule has 3 heteroatoms. The van der Waals surface area contributed by atoms with Crippen molar-refractivity contribution in [3.05, 3.63) is 0 Å². The number of aliphatic hydroxyl groups is 1. The fourth-order valence-electron chi connectivity index (χ4n) is 5.11. The van der Waals surface area contributed by atoms with Crippen LogP contribution in [0.5, 0.6) is 0 Å². The van der Waals surface area contributed by atoms with Gasteiger partial charge >= 0.3 is 0 Å². The summed E-state index contributed by atoms with van der Waals surface area (Å²) in [5.41, 5.74) is 0. The first-order valence-corrected chi connectivity index (χ1v) is 9.20. The van der Waals surface area contributed by atoms with Crippen molar-refractivity contribution in [1.82, 2.24) is 9.80 Å². The Morgan fingerprint density at radius 2 is 1.86 bits per heavy atom. The Kier molecular flexibility index (Phi) is 4.92. The van der Waals surface area contributed by atoms with E-state index in [0.717, 1.165) is 19.0 Å². The van der Waals surface area contributed by atoms with E-state index in [9.17, 15) is 5.11 Å². The molecular formula is C18H34N2O. The molecule has 1 saturated carbocycles.